The Morgan fingerprint density at radius 3 is 2.09 bits per heavy atom. The van der Waals surface area contributed by atoms with Gasteiger partial charge in [-0.15, -0.1) is 0 Å². The van der Waals surface area contributed by atoms with Crippen molar-refractivity contribution in [3.8, 4) is 0 Å². The molecule has 2 rings (SSSR count). The zero-order valence-electron chi connectivity index (χ0n) is 13.7. The summed E-state index contributed by atoms with van der Waals surface area (Å²) in [5.41, 5.74) is 3.45. The molecule has 1 aromatic carbocycles. The van der Waals surface area contributed by atoms with Crippen molar-refractivity contribution in [2.45, 2.75) is 33.6 Å². The topological polar surface area (TPSA) is 57.7 Å². The van der Waals surface area contributed by atoms with Gasteiger partial charge in [0, 0.05) is 13.1 Å². The Hall–Kier alpha value is -1.56. The number of sulfonamides is 1. The number of benzene rings is 1. The second-order valence-corrected chi connectivity index (χ2v) is 8.01. The van der Waals surface area contributed by atoms with Gasteiger partial charge in [0.15, 0.2) is 0 Å². The first-order chi connectivity index (χ1) is 10.2. The van der Waals surface area contributed by atoms with Gasteiger partial charge in [0.2, 0.25) is 15.9 Å². The molecule has 1 saturated heterocycles. The Morgan fingerprint density at radius 2 is 1.64 bits per heavy atom. The number of nitrogens with zero attached hydrogens (tertiary/aromatic N) is 2. The van der Waals surface area contributed by atoms with Gasteiger partial charge in [0.25, 0.3) is 0 Å². The first kappa shape index (κ1) is 16.8. The molecule has 0 N–H and O–H groups in total. The van der Waals surface area contributed by atoms with Crippen LogP contribution in [0.4, 0.5) is 5.69 Å². The normalized spacial score (nSPS) is 15.2. The van der Waals surface area contributed by atoms with E-state index >= 15 is 0 Å². The van der Waals surface area contributed by atoms with Gasteiger partial charge >= 0.3 is 0 Å². The van der Waals surface area contributed by atoms with E-state index in [2.05, 4.69) is 0 Å². The maximum absolute atomic E-state index is 12.4. The molecule has 1 aliphatic heterocycles. The van der Waals surface area contributed by atoms with E-state index in [4.69, 9.17) is 0 Å². The smallest absolute Gasteiger partial charge is 0.243 e. The van der Waals surface area contributed by atoms with E-state index < -0.39 is 10.0 Å². The monoisotopic (exact) mass is 324 g/mol. The highest BCUT2D eigenvalue weighted by Crippen LogP contribution is 2.28. The molecule has 0 spiro atoms. The first-order valence-corrected chi connectivity index (χ1v) is 9.38. The molecule has 1 amide bonds. The quantitative estimate of drug-likeness (QED) is 0.851. The fraction of sp³-hybridized carbons (Fsp3) is 0.562. The van der Waals surface area contributed by atoms with Crippen molar-refractivity contribution in [3.63, 3.8) is 0 Å². The Bertz CT molecular complexity index is 654. The average molecular weight is 324 g/mol. The van der Waals surface area contributed by atoms with Gasteiger partial charge in [-0.3, -0.25) is 9.10 Å². The molecule has 22 heavy (non-hydrogen) atoms. The molecule has 0 aliphatic carbocycles. The molecule has 0 unspecified atom stereocenters. The minimum Gasteiger partial charge on any atom is -0.341 e. The van der Waals surface area contributed by atoms with Crippen molar-refractivity contribution in [1.82, 2.24) is 4.90 Å². The van der Waals surface area contributed by atoms with E-state index in [9.17, 15) is 13.2 Å². The van der Waals surface area contributed by atoms with E-state index in [0.717, 1.165) is 48.9 Å². The van der Waals surface area contributed by atoms with Crippen molar-refractivity contribution < 1.29 is 13.2 Å². The Morgan fingerprint density at radius 1 is 1.14 bits per heavy atom. The van der Waals surface area contributed by atoms with Crippen molar-refractivity contribution in [3.05, 3.63) is 28.8 Å². The number of hydrogen-bond donors (Lipinski definition) is 0. The molecule has 0 radical (unpaired) electrons. The Balaban J connectivity index is 2.37. The third kappa shape index (κ3) is 3.61. The van der Waals surface area contributed by atoms with Gasteiger partial charge < -0.3 is 4.90 Å². The Labute approximate surface area is 133 Å². The number of rotatable bonds is 4. The van der Waals surface area contributed by atoms with Gasteiger partial charge in [-0.2, -0.15) is 0 Å². The Kier molecular flexibility index (Phi) is 4.80. The van der Waals surface area contributed by atoms with Crippen LogP contribution in [0.5, 0.6) is 0 Å². The van der Waals surface area contributed by atoms with Crippen LogP contribution in [-0.4, -0.2) is 45.1 Å². The molecule has 5 nitrogen and oxygen atoms in total. The van der Waals surface area contributed by atoms with Crippen LogP contribution in [0.3, 0.4) is 0 Å². The van der Waals surface area contributed by atoms with E-state index in [-0.39, 0.29) is 12.5 Å². The molecule has 0 saturated carbocycles. The van der Waals surface area contributed by atoms with Gasteiger partial charge in [0.05, 0.1) is 11.9 Å². The van der Waals surface area contributed by atoms with E-state index in [1.807, 2.05) is 32.9 Å². The van der Waals surface area contributed by atoms with Gasteiger partial charge in [-0.25, -0.2) is 8.42 Å². The van der Waals surface area contributed by atoms with Crippen molar-refractivity contribution >= 4 is 21.6 Å². The summed E-state index contributed by atoms with van der Waals surface area (Å²) >= 11 is 0. The SMILES string of the molecule is Cc1cc(C)c(N(CC(=O)N2CCCC2)S(C)(=O)=O)c(C)c1. The van der Waals surface area contributed by atoms with E-state index in [1.54, 1.807) is 4.90 Å². The third-order valence-corrected chi connectivity index (χ3v) is 5.14. The van der Waals surface area contributed by atoms with Crippen molar-refractivity contribution in [1.29, 1.82) is 0 Å². The summed E-state index contributed by atoms with van der Waals surface area (Å²) in [5, 5.41) is 0. The summed E-state index contributed by atoms with van der Waals surface area (Å²) in [6.07, 6.45) is 3.14. The molecule has 1 fully saturated rings. The number of carbonyl (C=O) groups excluding carboxylic acids is 1. The maximum Gasteiger partial charge on any atom is 0.243 e. The number of carbonyl (C=O) groups is 1. The summed E-state index contributed by atoms with van der Waals surface area (Å²) in [6, 6.07) is 3.89. The second kappa shape index (κ2) is 6.28. The fourth-order valence-corrected chi connectivity index (χ4v) is 4.08. The minimum absolute atomic E-state index is 0.121. The zero-order valence-corrected chi connectivity index (χ0v) is 14.5. The van der Waals surface area contributed by atoms with Gasteiger partial charge in [-0.1, -0.05) is 17.7 Å². The fourth-order valence-electron chi connectivity index (χ4n) is 3.12. The summed E-state index contributed by atoms with van der Waals surface area (Å²) in [4.78, 5) is 14.1. The van der Waals surface area contributed by atoms with Crippen LogP contribution < -0.4 is 4.31 Å². The number of anilines is 1. The van der Waals surface area contributed by atoms with Gasteiger partial charge in [-0.05, 0) is 44.7 Å². The summed E-state index contributed by atoms with van der Waals surface area (Å²) < 4.78 is 25.7. The van der Waals surface area contributed by atoms with Crippen LogP contribution in [-0.2, 0) is 14.8 Å². The van der Waals surface area contributed by atoms with Crippen LogP contribution >= 0.6 is 0 Å². The molecule has 1 aliphatic rings. The summed E-state index contributed by atoms with van der Waals surface area (Å²) in [5.74, 6) is -0.123. The predicted molar refractivity (Wildman–Crippen MR) is 88.7 cm³/mol. The molecule has 1 heterocycles. The van der Waals surface area contributed by atoms with Crippen LogP contribution in [0.15, 0.2) is 12.1 Å². The van der Waals surface area contributed by atoms with Crippen LogP contribution in [0.25, 0.3) is 0 Å². The van der Waals surface area contributed by atoms with E-state index in [0.29, 0.717) is 5.69 Å². The van der Waals surface area contributed by atoms with Crippen LogP contribution in [0, 0.1) is 20.8 Å². The second-order valence-electron chi connectivity index (χ2n) is 6.10. The summed E-state index contributed by atoms with van der Waals surface area (Å²) in [7, 11) is -3.51. The molecular formula is C16H24N2O3S. The first-order valence-electron chi connectivity index (χ1n) is 7.53. The zero-order chi connectivity index (χ0) is 16.5. The third-order valence-electron chi connectivity index (χ3n) is 4.02. The highest BCUT2D eigenvalue weighted by Gasteiger charge is 2.27. The molecule has 1 aromatic rings. The minimum atomic E-state index is -3.51. The standard InChI is InChI=1S/C16H24N2O3S/c1-12-9-13(2)16(14(3)10-12)18(22(4,20)21)11-15(19)17-7-5-6-8-17/h9-10H,5-8,11H2,1-4H3. The molecule has 0 aromatic heterocycles. The van der Waals surface area contributed by atoms with Crippen molar-refractivity contribution in [2.24, 2.45) is 0 Å². The lowest BCUT2D eigenvalue weighted by molar-refractivity contribution is -0.128. The largest absolute Gasteiger partial charge is 0.341 e. The number of hydrogen-bond acceptors (Lipinski definition) is 3. The lowest BCUT2D eigenvalue weighted by Crippen LogP contribution is -2.42. The molecular weight excluding hydrogens is 300 g/mol. The van der Waals surface area contributed by atoms with Crippen LogP contribution in [0.1, 0.15) is 29.5 Å². The number of amides is 1. The number of likely N-dealkylation sites (tertiary alicyclic amines) is 1. The highest BCUT2D eigenvalue weighted by atomic mass is 32.2. The van der Waals surface area contributed by atoms with Crippen molar-refractivity contribution in [2.75, 3.05) is 30.2 Å². The highest BCUT2D eigenvalue weighted by molar-refractivity contribution is 7.92. The molecule has 0 bridgehead atoms. The maximum atomic E-state index is 12.4. The van der Waals surface area contributed by atoms with E-state index in [1.165, 1.54) is 4.31 Å². The average Bonchev–Trinajstić information content (AvgIpc) is 2.88. The molecule has 122 valence electrons. The van der Waals surface area contributed by atoms with Gasteiger partial charge in [0.1, 0.15) is 6.54 Å². The number of aryl methyl sites for hydroxylation is 3. The lowest BCUT2D eigenvalue weighted by Gasteiger charge is -2.27. The predicted octanol–water partition coefficient (Wildman–Crippen LogP) is 2.00. The van der Waals surface area contributed by atoms with Crippen LogP contribution in [0.2, 0.25) is 0 Å². The summed E-state index contributed by atoms with van der Waals surface area (Å²) in [6.45, 7) is 7.07. The molecule has 0 atom stereocenters. The lowest BCUT2D eigenvalue weighted by atomic mass is 10.1. The molecule has 6 heteroatoms.